The molecule has 0 bridgehead atoms. The van der Waals surface area contributed by atoms with E-state index in [0.29, 0.717) is 29.5 Å². The number of fused-ring (bicyclic) bond motifs is 1. The summed E-state index contributed by atoms with van der Waals surface area (Å²) in [5, 5.41) is 0. The molecule has 0 amide bonds. The third kappa shape index (κ3) is 4.08. The van der Waals surface area contributed by atoms with Gasteiger partial charge in [0, 0.05) is 23.7 Å². The largest absolute Gasteiger partial charge is 0.487 e. The first-order valence-electron chi connectivity index (χ1n) is 7.63. The molecular weight excluding hydrogens is 386 g/mol. The van der Waals surface area contributed by atoms with E-state index in [9.17, 15) is 17.2 Å². The fourth-order valence-corrected chi connectivity index (χ4v) is 4.20. The molecule has 2 aromatic carbocycles. The third-order valence-electron chi connectivity index (χ3n) is 3.97. The summed E-state index contributed by atoms with van der Waals surface area (Å²) in [5.41, 5.74) is 6.20. The van der Waals surface area contributed by atoms with E-state index in [1.165, 1.54) is 0 Å². The van der Waals surface area contributed by atoms with Crippen molar-refractivity contribution in [3.63, 3.8) is 0 Å². The summed E-state index contributed by atoms with van der Waals surface area (Å²) in [4.78, 5) is -0.608. The zero-order valence-electron chi connectivity index (χ0n) is 14.1. The molecule has 1 aliphatic heterocycles. The number of nitrogens with two attached hydrogens (primary N) is 1. The zero-order chi connectivity index (χ0) is 18.4. The first-order valence-corrected chi connectivity index (χ1v) is 9.11. The SMILES string of the molecule is CC1(C)CC(NS(=O)(=O)c2ccc(F)cc2F)c2cc(N)ccc2O1.Cl. The molecule has 1 unspecified atom stereocenters. The van der Waals surface area contributed by atoms with Crippen molar-refractivity contribution in [3.8, 4) is 5.75 Å². The monoisotopic (exact) mass is 404 g/mol. The van der Waals surface area contributed by atoms with Gasteiger partial charge < -0.3 is 10.5 Å². The maximum absolute atomic E-state index is 13.9. The maximum atomic E-state index is 13.9. The topological polar surface area (TPSA) is 81.4 Å². The van der Waals surface area contributed by atoms with Crippen molar-refractivity contribution in [1.82, 2.24) is 4.72 Å². The highest BCUT2D eigenvalue weighted by Gasteiger charge is 2.36. The number of halogens is 3. The summed E-state index contributed by atoms with van der Waals surface area (Å²) in [6.45, 7) is 3.65. The van der Waals surface area contributed by atoms with E-state index in [-0.39, 0.29) is 12.4 Å². The van der Waals surface area contributed by atoms with Crippen molar-refractivity contribution < 1.29 is 21.9 Å². The Bertz CT molecular complexity index is 936. The average molecular weight is 405 g/mol. The van der Waals surface area contributed by atoms with Crippen LogP contribution in [0.25, 0.3) is 0 Å². The molecule has 1 atom stereocenters. The minimum atomic E-state index is -4.20. The molecule has 0 spiro atoms. The van der Waals surface area contributed by atoms with Crippen LogP contribution in [0.15, 0.2) is 41.3 Å². The second-order valence-electron chi connectivity index (χ2n) is 6.61. The molecule has 2 aromatic rings. The maximum Gasteiger partial charge on any atom is 0.244 e. The van der Waals surface area contributed by atoms with Gasteiger partial charge in [-0.2, -0.15) is 0 Å². The average Bonchev–Trinajstić information content (AvgIpc) is 2.46. The number of anilines is 1. The molecule has 0 fully saturated rings. The molecule has 142 valence electrons. The highest BCUT2D eigenvalue weighted by atomic mass is 35.5. The van der Waals surface area contributed by atoms with Crippen LogP contribution in [0.5, 0.6) is 5.75 Å². The van der Waals surface area contributed by atoms with Crippen molar-refractivity contribution in [3.05, 3.63) is 53.6 Å². The van der Waals surface area contributed by atoms with Crippen LogP contribution in [0.2, 0.25) is 0 Å². The van der Waals surface area contributed by atoms with Crippen molar-refractivity contribution in [2.45, 2.75) is 36.8 Å². The number of benzene rings is 2. The molecule has 3 N–H and O–H groups in total. The summed E-state index contributed by atoms with van der Waals surface area (Å²) >= 11 is 0. The van der Waals surface area contributed by atoms with E-state index in [1.54, 1.807) is 18.2 Å². The molecule has 26 heavy (non-hydrogen) atoms. The molecule has 0 aromatic heterocycles. The van der Waals surface area contributed by atoms with Crippen LogP contribution in [-0.2, 0) is 10.0 Å². The minimum absolute atomic E-state index is 0. The van der Waals surface area contributed by atoms with E-state index in [1.807, 2.05) is 13.8 Å². The van der Waals surface area contributed by atoms with Gasteiger partial charge >= 0.3 is 0 Å². The Morgan fingerprint density at radius 1 is 1.19 bits per heavy atom. The quantitative estimate of drug-likeness (QED) is 0.766. The predicted octanol–water partition coefficient (Wildman–Crippen LogP) is 3.55. The lowest BCUT2D eigenvalue weighted by Crippen LogP contribution is -2.41. The molecule has 0 saturated heterocycles. The van der Waals surface area contributed by atoms with Crippen LogP contribution in [0, 0.1) is 11.6 Å². The lowest BCUT2D eigenvalue weighted by molar-refractivity contribution is 0.0702. The standard InChI is InChI=1S/C17H18F2N2O3S.ClH/c1-17(2)9-14(12-8-11(20)4-5-15(12)24-17)21-25(22,23)16-6-3-10(18)7-13(16)19;/h3-8,14,21H,9,20H2,1-2H3;1H. The number of ether oxygens (including phenoxy) is 1. The number of nitrogen functional groups attached to an aromatic ring is 1. The van der Waals surface area contributed by atoms with Crippen molar-refractivity contribution in [1.29, 1.82) is 0 Å². The lowest BCUT2D eigenvalue weighted by atomic mass is 9.90. The van der Waals surface area contributed by atoms with Crippen LogP contribution < -0.4 is 15.2 Å². The molecule has 5 nitrogen and oxygen atoms in total. The van der Waals surface area contributed by atoms with Gasteiger partial charge in [-0.1, -0.05) is 0 Å². The fourth-order valence-electron chi connectivity index (χ4n) is 2.92. The molecule has 0 saturated carbocycles. The van der Waals surface area contributed by atoms with E-state index >= 15 is 0 Å². The first kappa shape index (κ1) is 20.4. The van der Waals surface area contributed by atoms with Gasteiger partial charge in [0.2, 0.25) is 10.0 Å². The molecule has 1 aliphatic rings. The highest BCUT2D eigenvalue weighted by molar-refractivity contribution is 7.89. The van der Waals surface area contributed by atoms with Crippen LogP contribution in [0.4, 0.5) is 14.5 Å². The summed E-state index contributed by atoms with van der Waals surface area (Å²) in [5.74, 6) is -1.48. The second-order valence-corrected chi connectivity index (χ2v) is 8.29. The first-order chi connectivity index (χ1) is 11.6. The number of nitrogens with one attached hydrogen (secondary N) is 1. The van der Waals surface area contributed by atoms with Crippen LogP contribution in [-0.4, -0.2) is 14.0 Å². The number of hydrogen-bond acceptors (Lipinski definition) is 4. The van der Waals surface area contributed by atoms with Gasteiger partial charge in [0.05, 0.1) is 6.04 Å². The Morgan fingerprint density at radius 2 is 1.88 bits per heavy atom. The molecule has 0 radical (unpaired) electrons. The molecule has 0 aliphatic carbocycles. The van der Waals surface area contributed by atoms with E-state index in [0.717, 1.165) is 12.1 Å². The molecular formula is C17H19ClF2N2O3S. The van der Waals surface area contributed by atoms with E-state index < -0.39 is 38.2 Å². The van der Waals surface area contributed by atoms with Crippen LogP contribution in [0.3, 0.4) is 0 Å². The Balaban J connectivity index is 0.00000243. The molecule has 3 rings (SSSR count). The molecule has 1 heterocycles. The van der Waals surface area contributed by atoms with E-state index in [2.05, 4.69) is 4.72 Å². The van der Waals surface area contributed by atoms with Gasteiger partial charge in [0.25, 0.3) is 0 Å². The number of hydrogen-bond donors (Lipinski definition) is 2. The van der Waals surface area contributed by atoms with Crippen molar-refractivity contribution >= 4 is 28.1 Å². The predicted molar refractivity (Wildman–Crippen MR) is 96.8 cm³/mol. The van der Waals surface area contributed by atoms with Gasteiger partial charge in [-0.15, -0.1) is 12.4 Å². The van der Waals surface area contributed by atoms with Crippen molar-refractivity contribution in [2.75, 3.05) is 5.73 Å². The zero-order valence-corrected chi connectivity index (χ0v) is 15.8. The summed E-state index contributed by atoms with van der Waals surface area (Å²) in [6, 6.07) is 6.64. The summed E-state index contributed by atoms with van der Waals surface area (Å²) in [6.07, 6.45) is 0.325. The van der Waals surface area contributed by atoms with Gasteiger partial charge in [-0.05, 0) is 44.2 Å². The molecule has 9 heteroatoms. The Labute approximate surface area is 157 Å². The van der Waals surface area contributed by atoms with Gasteiger partial charge in [0.15, 0.2) is 0 Å². The highest BCUT2D eigenvalue weighted by Crippen LogP contribution is 2.41. The normalized spacial score (nSPS) is 18.4. The lowest BCUT2D eigenvalue weighted by Gasteiger charge is -2.37. The Kier molecular flexibility index (Phi) is 5.51. The fraction of sp³-hybridized carbons (Fsp3) is 0.294. The minimum Gasteiger partial charge on any atom is -0.487 e. The number of rotatable bonds is 3. The Morgan fingerprint density at radius 3 is 2.54 bits per heavy atom. The van der Waals surface area contributed by atoms with Crippen molar-refractivity contribution in [2.24, 2.45) is 0 Å². The number of sulfonamides is 1. The Hall–Kier alpha value is -1.90. The van der Waals surface area contributed by atoms with Gasteiger partial charge in [-0.25, -0.2) is 21.9 Å². The van der Waals surface area contributed by atoms with E-state index in [4.69, 9.17) is 10.5 Å². The second kappa shape index (κ2) is 7.02. The van der Waals surface area contributed by atoms with Crippen LogP contribution >= 0.6 is 12.4 Å². The summed E-state index contributed by atoms with van der Waals surface area (Å²) in [7, 11) is -4.20. The van der Waals surface area contributed by atoms with Gasteiger partial charge in [-0.3, -0.25) is 0 Å². The summed E-state index contributed by atoms with van der Waals surface area (Å²) < 4.78 is 60.5. The smallest absolute Gasteiger partial charge is 0.244 e. The third-order valence-corrected chi connectivity index (χ3v) is 5.48. The van der Waals surface area contributed by atoms with Gasteiger partial charge in [0.1, 0.15) is 27.9 Å². The van der Waals surface area contributed by atoms with Crippen LogP contribution in [0.1, 0.15) is 31.9 Å².